The Kier molecular flexibility index (Phi) is 11.1. The first-order valence-electron chi connectivity index (χ1n) is 15.7. The highest BCUT2D eigenvalue weighted by molar-refractivity contribution is 5.97. The van der Waals surface area contributed by atoms with Crippen LogP contribution in [0.1, 0.15) is 48.0 Å². The van der Waals surface area contributed by atoms with Gasteiger partial charge in [-0.3, -0.25) is 14.5 Å². The van der Waals surface area contributed by atoms with E-state index in [0.29, 0.717) is 12.1 Å². The summed E-state index contributed by atoms with van der Waals surface area (Å²) in [6.45, 7) is 4.73. The van der Waals surface area contributed by atoms with Crippen LogP contribution in [0.15, 0.2) is 78.9 Å². The Hall–Kier alpha value is -4.05. The summed E-state index contributed by atoms with van der Waals surface area (Å²) in [5, 5.41) is 6.89. The van der Waals surface area contributed by atoms with Crippen LogP contribution in [-0.4, -0.2) is 73.6 Å². The summed E-state index contributed by atoms with van der Waals surface area (Å²) in [5.74, 6) is -0.243. The van der Waals surface area contributed by atoms with Crippen LogP contribution in [0.3, 0.4) is 0 Å². The second kappa shape index (κ2) is 15.6. The van der Waals surface area contributed by atoms with Crippen molar-refractivity contribution in [2.24, 2.45) is 11.7 Å². The molecule has 0 spiro atoms. The van der Waals surface area contributed by atoms with Crippen LogP contribution in [-0.2, 0) is 16.1 Å². The Labute approximate surface area is 259 Å². The van der Waals surface area contributed by atoms with Crippen molar-refractivity contribution >= 4 is 23.5 Å². The molecule has 44 heavy (non-hydrogen) atoms. The monoisotopic (exact) mass is 597 g/mol. The van der Waals surface area contributed by atoms with E-state index < -0.39 is 6.09 Å². The lowest BCUT2D eigenvalue weighted by Crippen LogP contribution is -2.50. The molecule has 0 bridgehead atoms. The number of para-hydroxylation sites is 1. The SMILES string of the molecule is NC(=O)C1CCN(Cc2ccc(C(=O)CNCCOC(=O)N(c3ccccc3-c3ccccc3)N3CCCCC3)cc2)CC1. The maximum atomic E-state index is 13.5. The third-order valence-electron chi connectivity index (χ3n) is 8.47. The van der Waals surface area contributed by atoms with E-state index in [4.69, 9.17) is 10.5 Å². The van der Waals surface area contributed by atoms with Crippen LogP contribution in [0.4, 0.5) is 10.5 Å². The van der Waals surface area contributed by atoms with Crippen LogP contribution < -0.4 is 16.1 Å². The number of piperidine rings is 2. The first-order chi connectivity index (χ1) is 21.5. The molecule has 9 heteroatoms. The quantitative estimate of drug-likeness (QED) is 0.227. The molecule has 5 rings (SSSR count). The van der Waals surface area contributed by atoms with Gasteiger partial charge in [0.2, 0.25) is 5.91 Å². The molecule has 0 saturated carbocycles. The molecule has 3 aromatic carbocycles. The molecule has 2 heterocycles. The zero-order valence-electron chi connectivity index (χ0n) is 25.3. The average molecular weight is 598 g/mol. The summed E-state index contributed by atoms with van der Waals surface area (Å²) < 4.78 is 5.74. The highest BCUT2D eigenvalue weighted by atomic mass is 16.6. The smallest absolute Gasteiger partial charge is 0.429 e. The Morgan fingerprint density at radius 1 is 0.841 bits per heavy atom. The van der Waals surface area contributed by atoms with Crippen LogP contribution in [0, 0.1) is 5.92 Å². The Bertz CT molecular complexity index is 1380. The largest absolute Gasteiger partial charge is 0.447 e. The number of primary amides is 1. The molecule has 0 aliphatic carbocycles. The number of rotatable bonds is 12. The van der Waals surface area contributed by atoms with Crippen LogP contribution in [0.5, 0.6) is 0 Å². The second-order valence-corrected chi connectivity index (χ2v) is 11.6. The lowest BCUT2D eigenvalue weighted by Gasteiger charge is -2.37. The van der Waals surface area contributed by atoms with E-state index in [-0.39, 0.29) is 30.8 Å². The number of hydrogen-bond donors (Lipinski definition) is 2. The van der Waals surface area contributed by atoms with Crippen molar-refractivity contribution in [3.8, 4) is 11.1 Å². The number of anilines is 1. The third-order valence-corrected chi connectivity index (χ3v) is 8.47. The number of benzene rings is 3. The summed E-state index contributed by atoms with van der Waals surface area (Å²) in [4.78, 5) is 40.0. The number of Topliss-reactive ketones (excluding diaryl/α,β-unsaturated/α-hetero) is 1. The van der Waals surface area contributed by atoms with Gasteiger partial charge in [0.05, 0.1) is 12.2 Å². The normalized spacial score (nSPS) is 16.4. The van der Waals surface area contributed by atoms with Crippen molar-refractivity contribution in [3.63, 3.8) is 0 Å². The number of hydrazine groups is 1. The number of nitrogens with one attached hydrogen (secondary N) is 1. The molecule has 0 aromatic heterocycles. The van der Waals surface area contributed by atoms with E-state index in [9.17, 15) is 14.4 Å². The van der Waals surface area contributed by atoms with Crippen molar-refractivity contribution in [2.75, 3.05) is 50.9 Å². The van der Waals surface area contributed by atoms with Gasteiger partial charge in [-0.1, -0.05) is 79.2 Å². The molecule has 2 fully saturated rings. The highest BCUT2D eigenvalue weighted by Gasteiger charge is 2.28. The maximum Gasteiger partial charge on any atom is 0.429 e. The standard InChI is InChI=1S/C35H43N5O4/c36-34(42)30-17-22-38(23-18-30)26-27-13-15-29(16-14-27)33(41)25-37-19-24-44-35(43)40(39-20-7-2-8-21-39)32-12-6-5-11-31(32)28-9-3-1-4-10-28/h1,3-6,9-16,30,37H,2,7-8,17-26H2,(H2,36,42). The lowest BCUT2D eigenvalue weighted by molar-refractivity contribution is -0.123. The zero-order chi connectivity index (χ0) is 30.7. The number of carbonyl (C=O) groups is 3. The highest BCUT2D eigenvalue weighted by Crippen LogP contribution is 2.33. The van der Waals surface area contributed by atoms with Gasteiger partial charge in [0.1, 0.15) is 6.61 Å². The summed E-state index contributed by atoms with van der Waals surface area (Å²) >= 11 is 0. The summed E-state index contributed by atoms with van der Waals surface area (Å²) in [5.41, 5.74) is 10.0. The average Bonchev–Trinajstić information content (AvgIpc) is 3.06. The van der Waals surface area contributed by atoms with Gasteiger partial charge in [0.25, 0.3) is 0 Å². The Morgan fingerprint density at radius 3 is 2.23 bits per heavy atom. The number of nitrogens with two attached hydrogens (primary N) is 1. The van der Waals surface area contributed by atoms with Gasteiger partial charge in [-0.2, -0.15) is 0 Å². The third kappa shape index (κ3) is 8.31. The van der Waals surface area contributed by atoms with Gasteiger partial charge in [0.15, 0.2) is 5.78 Å². The van der Waals surface area contributed by atoms with Gasteiger partial charge in [-0.25, -0.2) is 14.8 Å². The van der Waals surface area contributed by atoms with Gasteiger partial charge >= 0.3 is 6.09 Å². The van der Waals surface area contributed by atoms with E-state index in [1.54, 1.807) is 5.01 Å². The topological polar surface area (TPSA) is 108 Å². The van der Waals surface area contributed by atoms with Crippen molar-refractivity contribution < 1.29 is 19.1 Å². The molecule has 232 valence electrons. The summed E-state index contributed by atoms with van der Waals surface area (Å²) in [6.07, 6.45) is 4.37. The van der Waals surface area contributed by atoms with Gasteiger partial charge in [-0.15, -0.1) is 0 Å². The first-order valence-corrected chi connectivity index (χ1v) is 15.7. The molecule has 3 aromatic rings. The first kappa shape index (κ1) is 31.4. The number of likely N-dealkylation sites (tertiary alicyclic amines) is 1. The molecule has 2 aliphatic heterocycles. The van der Waals surface area contributed by atoms with E-state index in [0.717, 1.165) is 87.2 Å². The minimum absolute atomic E-state index is 0.0168. The number of ether oxygens (including phenoxy) is 1. The lowest BCUT2D eigenvalue weighted by atomic mass is 9.96. The van der Waals surface area contributed by atoms with E-state index in [1.165, 1.54) is 0 Å². The van der Waals surface area contributed by atoms with E-state index in [2.05, 4.69) is 15.2 Å². The predicted octanol–water partition coefficient (Wildman–Crippen LogP) is 4.87. The molecule has 3 N–H and O–H groups in total. The maximum absolute atomic E-state index is 13.5. The van der Waals surface area contributed by atoms with Gasteiger partial charge in [0, 0.05) is 43.2 Å². The molecular formula is C35H43N5O4. The van der Waals surface area contributed by atoms with E-state index in [1.807, 2.05) is 78.9 Å². The van der Waals surface area contributed by atoms with Crippen molar-refractivity contribution in [1.82, 2.24) is 15.2 Å². The fraction of sp³-hybridized carbons (Fsp3) is 0.400. The number of nitrogens with zero attached hydrogens (tertiary/aromatic N) is 3. The molecule has 0 radical (unpaired) electrons. The minimum Gasteiger partial charge on any atom is -0.447 e. The van der Waals surface area contributed by atoms with Crippen molar-refractivity contribution in [3.05, 3.63) is 90.0 Å². The molecule has 2 saturated heterocycles. The number of ketones is 1. The molecular weight excluding hydrogens is 554 g/mol. The molecule has 2 aliphatic rings. The van der Waals surface area contributed by atoms with Crippen LogP contribution in [0.25, 0.3) is 11.1 Å². The number of carbonyl (C=O) groups excluding carboxylic acids is 3. The van der Waals surface area contributed by atoms with Gasteiger partial charge < -0.3 is 15.8 Å². The van der Waals surface area contributed by atoms with Gasteiger partial charge in [-0.05, 0) is 56.0 Å². The summed E-state index contributed by atoms with van der Waals surface area (Å²) in [7, 11) is 0. The molecule has 0 unspecified atom stereocenters. The molecule has 0 atom stereocenters. The molecule has 2 amide bonds. The van der Waals surface area contributed by atoms with Crippen LogP contribution in [0.2, 0.25) is 0 Å². The van der Waals surface area contributed by atoms with Crippen molar-refractivity contribution in [1.29, 1.82) is 0 Å². The Balaban J connectivity index is 1.11. The minimum atomic E-state index is -0.419. The van der Waals surface area contributed by atoms with E-state index >= 15 is 0 Å². The zero-order valence-corrected chi connectivity index (χ0v) is 25.3. The Morgan fingerprint density at radius 2 is 1.52 bits per heavy atom. The second-order valence-electron chi connectivity index (χ2n) is 11.6. The molecule has 9 nitrogen and oxygen atoms in total. The van der Waals surface area contributed by atoms with Crippen molar-refractivity contribution in [2.45, 2.75) is 38.6 Å². The predicted molar refractivity (Wildman–Crippen MR) is 172 cm³/mol. The van der Waals surface area contributed by atoms with Crippen LogP contribution >= 0.6 is 0 Å². The number of hydrogen-bond acceptors (Lipinski definition) is 7. The fourth-order valence-corrected chi connectivity index (χ4v) is 5.97. The number of amides is 2. The fourth-order valence-electron chi connectivity index (χ4n) is 5.97. The summed E-state index contributed by atoms with van der Waals surface area (Å²) in [6, 6.07) is 25.7.